The van der Waals surface area contributed by atoms with Gasteiger partial charge in [-0.2, -0.15) is 5.21 Å². The van der Waals surface area contributed by atoms with Gasteiger partial charge < -0.3 is 19.5 Å². The van der Waals surface area contributed by atoms with Crippen molar-refractivity contribution in [3.63, 3.8) is 0 Å². The van der Waals surface area contributed by atoms with Crippen LogP contribution in [0.25, 0.3) is 0 Å². The summed E-state index contributed by atoms with van der Waals surface area (Å²) in [4.78, 5) is 12.9. The summed E-state index contributed by atoms with van der Waals surface area (Å²) in [6.07, 6.45) is 4.21. The Hall–Kier alpha value is -3.40. The Morgan fingerprint density at radius 2 is 1.74 bits per heavy atom. The van der Waals surface area contributed by atoms with E-state index in [1.54, 1.807) is 30.3 Å². The van der Waals surface area contributed by atoms with Crippen LogP contribution in [-0.2, 0) is 0 Å². The van der Waals surface area contributed by atoms with E-state index in [0.29, 0.717) is 40.9 Å². The second-order valence-electron chi connectivity index (χ2n) is 8.49. The molecule has 0 aliphatic heterocycles. The smallest absolute Gasteiger partial charge is 0.255 e. The van der Waals surface area contributed by atoms with Crippen LogP contribution >= 0.6 is 0 Å². The van der Waals surface area contributed by atoms with Crippen LogP contribution in [0.3, 0.4) is 0 Å². The average Bonchev–Trinajstić information content (AvgIpc) is 3.46. The van der Waals surface area contributed by atoms with Gasteiger partial charge in [0.15, 0.2) is 11.9 Å². The van der Waals surface area contributed by atoms with E-state index in [1.165, 1.54) is 12.8 Å². The van der Waals surface area contributed by atoms with E-state index in [9.17, 15) is 4.79 Å². The van der Waals surface area contributed by atoms with E-state index >= 15 is 0 Å². The topological polar surface area (TPSA) is 111 Å². The van der Waals surface area contributed by atoms with Gasteiger partial charge in [0.05, 0.1) is 12.3 Å². The molecule has 1 atom stereocenters. The first-order valence-electron chi connectivity index (χ1n) is 12.4. The number of benzene rings is 3. The first-order chi connectivity index (χ1) is 18.1. The van der Waals surface area contributed by atoms with Gasteiger partial charge in [0.25, 0.3) is 5.91 Å². The minimum Gasteiger partial charge on any atom is -0.494 e. The summed E-state index contributed by atoms with van der Waals surface area (Å²) in [5, 5.41) is 16.8. The molecule has 193 valence electrons. The number of ether oxygens (including phenoxy) is 3. The summed E-state index contributed by atoms with van der Waals surface area (Å²) in [6.45, 7) is 4.69. The third-order valence-corrected chi connectivity index (χ3v) is 5.59. The Kier molecular flexibility index (Phi) is 11.6. The first-order valence-corrected chi connectivity index (χ1v) is 12.4. The number of hydrogen-bond donors (Lipinski definition) is 2. The molecule has 0 bridgehead atoms. The van der Waals surface area contributed by atoms with Crippen molar-refractivity contribution in [2.24, 2.45) is 0 Å². The molecule has 9 nitrogen and oxygen atoms in total. The number of unbranched alkanes of at least 4 members (excludes halogenated alkanes) is 3. The number of rotatable bonds is 13. The van der Waals surface area contributed by atoms with E-state index in [2.05, 4.69) is 32.9 Å². The van der Waals surface area contributed by atoms with Crippen molar-refractivity contribution in [3.8, 4) is 23.0 Å². The third-order valence-electron chi connectivity index (χ3n) is 5.59. The van der Waals surface area contributed by atoms with Crippen molar-refractivity contribution in [3.05, 3.63) is 84.2 Å². The van der Waals surface area contributed by atoms with Crippen LogP contribution < -0.4 is 19.5 Å². The maximum atomic E-state index is 12.9. The Morgan fingerprint density at radius 3 is 2.50 bits per heavy atom. The Balaban J connectivity index is 0.00000400. The number of para-hydroxylation sites is 2. The van der Waals surface area contributed by atoms with Crippen molar-refractivity contribution in [2.75, 3.05) is 11.9 Å². The van der Waals surface area contributed by atoms with E-state index < -0.39 is 6.10 Å². The summed E-state index contributed by atoms with van der Waals surface area (Å²) in [7, 11) is 0. The summed E-state index contributed by atoms with van der Waals surface area (Å²) >= 11 is 0. The molecule has 4 rings (SSSR count). The normalized spacial score (nSPS) is 11.2. The number of hydrogen-bond acceptors (Lipinski definition) is 7. The van der Waals surface area contributed by atoms with Gasteiger partial charge in [-0.15, -0.1) is 10.2 Å². The van der Waals surface area contributed by atoms with Crippen LogP contribution in [0.2, 0.25) is 0 Å². The number of aromatic amines is 1. The minimum atomic E-state index is -0.390. The Bertz CT molecular complexity index is 1270. The number of carbonyl (C=O) groups excluding carboxylic acids is 1. The molecule has 1 heterocycles. The molecule has 1 radical (unpaired) electrons. The number of amides is 1. The van der Waals surface area contributed by atoms with Crippen LogP contribution in [0, 0.1) is 0 Å². The molecule has 0 saturated carbocycles. The van der Waals surface area contributed by atoms with Gasteiger partial charge in [0.1, 0.15) is 17.2 Å². The molecule has 1 aromatic heterocycles. The Morgan fingerprint density at radius 1 is 0.947 bits per heavy atom. The average molecular weight is 525 g/mol. The van der Waals surface area contributed by atoms with Gasteiger partial charge >= 0.3 is 0 Å². The molecule has 1 amide bonds. The van der Waals surface area contributed by atoms with Crippen LogP contribution in [-0.4, -0.2) is 62.7 Å². The molecule has 0 spiro atoms. The molecule has 4 aromatic rings. The second kappa shape index (κ2) is 15.1. The molecule has 0 aliphatic rings. The van der Waals surface area contributed by atoms with Crippen molar-refractivity contribution >= 4 is 41.2 Å². The number of anilines is 1. The van der Waals surface area contributed by atoms with Crippen molar-refractivity contribution in [2.45, 2.75) is 45.6 Å². The number of aromatic nitrogens is 4. The fraction of sp³-hybridized carbons (Fsp3) is 0.286. The monoisotopic (exact) mass is 524 g/mol. The number of nitrogens with zero attached hydrogens (tertiary/aromatic N) is 3. The summed E-state index contributed by atoms with van der Waals surface area (Å²) in [5.74, 6) is 2.62. The Labute approximate surface area is 244 Å². The van der Waals surface area contributed by atoms with Crippen molar-refractivity contribution in [1.82, 2.24) is 20.6 Å². The summed E-state index contributed by atoms with van der Waals surface area (Å²) < 4.78 is 17.8. The molecular formula is C28H31N5NaO4. The molecule has 3 aromatic carbocycles. The first kappa shape index (κ1) is 29.2. The fourth-order valence-electron chi connectivity index (χ4n) is 3.61. The van der Waals surface area contributed by atoms with Gasteiger partial charge in [-0.3, -0.25) is 4.79 Å². The zero-order valence-corrected chi connectivity index (χ0v) is 24.0. The maximum absolute atomic E-state index is 12.9. The van der Waals surface area contributed by atoms with E-state index in [1.807, 2.05) is 49.4 Å². The number of H-pyrrole nitrogens is 1. The molecule has 0 fully saturated rings. The predicted molar refractivity (Wildman–Crippen MR) is 146 cm³/mol. The molecular weight excluding hydrogens is 493 g/mol. The van der Waals surface area contributed by atoms with Gasteiger partial charge in [-0.05, 0) is 61.9 Å². The molecule has 0 saturated heterocycles. The van der Waals surface area contributed by atoms with Crippen molar-refractivity contribution < 1.29 is 19.0 Å². The number of nitrogens with one attached hydrogen (secondary N) is 2. The standard InChI is InChI=1S/C28H31N5O4.Na/c1-3-4-5-8-18-35-22-16-14-21(15-17-22)28(34)29-25-12-6-7-13-26(25)37-24-11-9-10-23(19-24)36-20(2)27-30-32-33-31-27;/h6-7,9-17,19-20H,3-5,8,18H2,1-2H3,(H,29,34)(H,30,31,32,33);. The molecule has 38 heavy (non-hydrogen) atoms. The molecule has 10 heteroatoms. The maximum Gasteiger partial charge on any atom is 0.255 e. The summed E-state index contributed by atoms with van der Waals surface area (Å²) in [5.41, 5.74) is 1.08. The van der Waals surface area contributed by atoms with E-state index in [0.717, 1.165) is 18.6 Å². The third kappa shape index (κ3) is 8.58. The minimum absolute atomic E-state index is 0. The van der Waals surface area contributed by atoms with E-state index in [-0.39, 0.29) is 35.5 Å². The van der Waals surface area contributed by atoms with Crippen LogP contribution in [0.5, 0.6) is 23.0 Å². The predicted octanol–water partition coefficient (Wildman–Crippen LogP) is 5.96. The van der Waals surface area contributed by atoms with Crippen LogP contribution in [0.1, 0.15) is 61.8 Å². The van der Waals surface area contributed by atoms with Crippen LogP contribution in [0.15, 0.2) is 72.8 Å². The largest absolute Gasteiger partial charge is 0.494 e. The quantitative estimate of drug-likeness (QED) is 0.164. The zero-order valence-electron chi connectivity index (χ0n) is 22.0. The second-order valence-corrected chi connectivity index (χ2v) is 8.49. The molecule has 2 N–H and O–H groups in total. The molecule has 0 aliphatic carbocycles. The number of tetrazole rings is 1. The van der Waals surface area contributed by atoms with Crippen LogP contribution in [0.4, 0.5) is 5.69 Å². The van der Waals surface area contributed by atoms with Gasteiger partial charge in [0, 0.05) is 41.2 Å². The molecule has 1 unspecified atom stereocenters. The number of carbonyl (C=O) groups is 1. The van der Waals surface area contributed by atoms with Gasteiger partial charge in [-0.25, -0.2) is 0 Å². The van der Waals surface area contributed by atoms with Crippen molar-refractivity contribution in [1.29, 1.82) is 0 Å². The SMILES string of the molecule is CCCCCCOc1ccc(C(=O)Nc2ccccc2Oc2cccc(OC(C)c3nn[nH]n3)c2)cc1.[Na]. The summed E-state index contributed by atoms with van der Waals surface area (Å²) in [6, 6.07) is 21.6. The fourth-order valence-corrected chi connectivity index (χ4v) is 3.61. The van der Waals surface area contributed by atoms with E-state index in [4.69, 9.17) is 14.2 Å². The zero-order chi connectivity index (χ0) is 25.9. The van der Waals surface area contributed by atoms with Gasteiger partial charge in [0.2, 0.25) is 5.82 Å². The van der Waals surface area contributed by atoms with Gasteiger partial charge in [-0.1, -0.05) is 49.6 Å².